The summed E-state index contributed by atoms with van der Waals surface area (Å²) >= 11 is 0. The van der Waals surface area contributed by atoms with Crippen molar-refractivity contribution >= 4 is 31.6 Å². The molecule has 1 amide bonds. The number of fused-ring (bicyclic) bond motifs is 1. The number of aromatic nitrogens is 1. The summed E-state index contributed by atoms with van der Waals surface area (Å²) in [6, 6.07) is 12.0. The molecule has 0 saturated carbocycles. The van der Waals surface area contributed by atoms with E-state index >= 15 is 0 Å². The SMILES string of the molecule is Cc1noc(C)c1S(=O)(=O)N(C)C[C@H]1Oc2ccc(NS(=O)(=O)c3ccccc3)cc2CC(=O)N([C@@H](C)CO)C[C@H]1C. The normalized spacial score (nSPS) is 18.9. The number of carbonyl (C=O) groups excluding carboxylic acids is 1. The zero-order valence-corrected chi connectivity index (χ0v) is 25.8. The van der Waals surface area contributed by atoms with Crippen molar-refractivity contribution in [3.8, 4) is 5.75 Å². The first-order valence-electron chi connectivity index (χ1n) is 13.4. The van der Waals surface area contributed by atoms with Crippen LogP contribution >= 0.6 is 0 Å². The van der Waals surface area contributed by atoms with E-state index in [0.717, 1.165) is 0 Å². The molecule has 14 heteroatoms. The van der Waals surface area contributed by atoms with Crippen LogP contribution in [0.3, 0.4) is 0 Å². The topological polar surface area (TPSA) is 159 Å². The smallest absolute Gasteiger partial charge is 0.261 e. The molecule has 12 nitrogen and oxygen atoms in total. The van der Waals surface area contributed by atoms with Crippen LogP contribution in [0, 0.1) is 19.8 Å². The zero-order chi connectivity index (χ0) is 30.8. The number of nitrogens with one attached hydrogen (secondary N) is 1. The lowest BCUT2D eigenvalue weighted by Gasteiger charge is -2.33. The Kier molecular flexibility index (Phi) is 9.30. The van der Waals surface area contributed by atoms with Crippen LogP contribution in [-0.2, 0) is 31.3 Å². The van der Waals surface area contributed by atoms with E-state index in [1.165, 1.54) is 42.5 Å². The molecule has 3 aromatic rings. The number of ether oxygens (including phenoxy) is 1. The second kappa shape index (κ2) is 12.4. The van der Waals surface area contributed by atoms with Crippen molar-refractivity contribution in [1.29, 1.82) is 0 Å². The molecule has 1 aromatic heterocycles. The molecule has 4 rings (SSSR count). The molecule has 0 unspecified atom stereocenters. The standard InChI is InChI=1S/C28H36N4O8S2/c1-18-15-32(19(2)17-33)27(34)14-22-13-23(30-41(35,36)24-9-7-6-8-10-24)11-12-25(22)39-26(18)16-31(5)42(37,38)28-20(3)29-40-21(28)4/h6-13,18-19,26,30,33H,14-17H2,1-5H3/t18-,19+,26-/m1/s1. The van der Waals surface area contributed by atoms with Crippen molar-refractivity contribution in [3.05, 3.63) is 65.5 Å². The van der Waals surface area contributed by atoms with Crippen LogP contribution in [0.5, 0.6) is 5.75 Å². The van der Waals surface area contributed by atoms with Crippen molar-refractivity contribution in [2.75, 3.05) is 31.5 Å². The van der Waals surface area contributed by atoms with Gasteiger partial charge in [0.25, 0.3) is 10.0 Å². The first kappa shape index (κ1) is 31.5. The molecular weight excluding hydrogens is 584 g/mol. The van der Waals surface area contributed by atoms with Crippen molar-refractivity contribution < 1.29 is 36.0 Å². The second-order valence-electron chi connectivity index (χ2n) is 10.6. The van der Waals surface area contributed by atoms with Gasteiger partial charge >= 0.3 is 0 Å². The first-order chi connectivity index (χ1) is 19.7. The molecule has 0 spiro atoms. The fourth-order valence-electron chi connectivity index (χ4n) is 4.87. The van der Waals surface area contributed by atoms with Crippen LogP contribution < -0.4 is 9.46 Å². The van der Waals surface area contributed by atoms with Crippen LogP contribution in [-0.4, -0.2) is 81.1 Å². The van der Waals surface area contributed by atoms with Gasteiger partial charge in [-0.05, 0) is 51.1 Å². The number of benzene rings is 2. The Labute approximate surface area is 246 Å². The predicted octanol–water partition coefficient (Wildman–Crippen LogP) is 2.56. The van der Waals surface area contributed by atoms with Gasteiger partial charge in [-0.1, -0.05) is 30.3 Å². The third-order valence-corrected chi connectivity index (χ3v) is 10.8. The third kappa shape index (κ3) is 6.61. The number of hydrogen-bond acceptors (Lipinski definition) is 9. The number of carbonyl (C=O) groups is 1. The number of sulfonamides is 2. The highest BCUT2D eigenvalue weighted by Gasteiger charge is 2.35. The Morgan fingerprint density at radius 1 is 1.14 bits per heavy atom. The number of likely N-dealkylation sites (N-methyl/N-ethyl adjacent to an activating group) is 1. The van der Waals surface area contributed by atoms with Crippen molar-refractivity contribution in [2.45, 2.75) is 56.1 Å². The quantitative estimate of drug-likeness (QED) is 0.367. The van der Waals surface area contributed by atoms with Gasteiger partial charge in [-0.2, -0.15) is 4.31 Å². The molecule has 2 aromatic carbocycles. The largest absolute Gasteiger partial charge is 0.488 e. The molecule has 0 saturated heterocycles. The number of aliphatic hydroxyl groups excluding tert-OH is 1. The summed E-state index contributed by atoms with van der Waals surface area (Å²) < 4.78 is 67.9. The Hall–Kier alpha value is -3.46. The van der Waals surface area contributed by atoms with Gasteiger partial charge in [0.05, 0.1) is 30.5 Å². The third-order valence-electron chi connectivity index (χ3n) is 7.30. The molecule has 3 atom stereocenters. The van der Waals surface area contributed by atoms with Crippen LogP contribution in [0.25, 0.3) is 0 Å². The summed E-state index contributed by atoms with van der Waals surface area (Å²) in [5, 5.41) is 13.6. The Morgan fingerprint density at radius 2 is 1.83 bits per heavy atom. The highest BCUT2D eigenvalue weighted by atomic mass is 32.2. The number of hydrogen-bond donors (Lipinski definition) is 2. The minimum absolute atomic E-state index is 0.0119. The minimum Gasteiger partial charge on any atom is -0.488 e. The summed E-state index contributed by atoms with van der Waals surface area (Å²) in [5.74, 6) is -0.141. The molecule has 228 valence electrons. The lowest BCUT2D eigenvalue weighted by atomic mass is 10.0. The van der Waals surface area contributed by atoms with Crippen LogP contribution in [0.4, 0.5) is 5.69 Å². The second-order valence-corrected chi connectivity index (χ2v) is 14.2. The van der Waals surface area contributed by atoms with Crippen LogP contribution in [0.15, 0.2) is 62.8 Å². The van der Waals surface area contributed by atoms with Crippen molar-refractivity contribution in [3.63, 3.8) is 0 Å². The Balaban J connectivity index is 1.70. The van der Waals surface area contributed by atoms with Crippen LogP contribution in [0.1, 0.15) is 30.9 Å². The molecular formula is C28H36N4O8S2. The Bertz CT molecular complexity index is 1620. The lowest BCUT2D eigenvalue weighted by molar-refractivity contribution is -0.134. The first-order valence-corrected chi connectivity index (χ1v) is 16.3. The molecule has 0 fully saturated rings. The monoisotopic (exact) mass is 620 g/mol. The fourth-order valence-corrected chi connectivity index (χ4v) is 7.41. The number of nitrogens with zero attached hydrogens (tertiary/aromatic N) is 3. The predicted molar refractivity (Wildman–Crippen MR) is 155 cm³/mol. The highest BCUT2D eigenvalue weighted by molar-refractivity contribution is 7.92. The maximum atomic E-state index is 13.5. The number of aliphatic hydroxyl groups is 1. The van der Waals surface area contributed by atoms with E-state index in [2.05, 4.69) is 9.88 Å². The minimum atomic E-state index is -3.99. The van der Waals surface area contributed by atoms with E-state index in [9.17, 15) is 26.7 Å². The fraction of sp³-hybridized carbons (Fsp3) is 0.429. The summed E-state index contributed by atoms with van der Waals surface area (Å²) in [6.07, 6.45) is -0.831. The van der Waals surface area contributed by atoms with Gasteiger partial charge in [0, 0.05) is 30.8 Å². The summed E-state index contributed by atoms with van der Waals surface area (Å²) in [5.41, 5.74) is 0.892. The lowest BCUT2D eigenvalue weighted by Crippen LogP contribution is -2.48. The number of anilines is 1. The van der Waals surface area contributed by atoms with Gasteiger partial charge in [0.15, 0.2) is 5.76 Å². The zero-order valence-electron chi connectivity index (χ0n) is 24.1. The summed E-state index contributed by atoms with van der Waals surface area (Å²) in [7, 11) is -6.44. The number of amides is 1. The van der Waals surface area contributed by atoms with Crippen molar-refractivity contribution in [2.24, 2.45) is 5.92 Å². The van der Waals surface area contributed by atoms with Gasteiger partial charge < -0.3 is 19.3 Å². The molecule has 1 aliphatic heterocycles. The van der Waals surface area contributed by atoms with Crippen molar-refractivity contribution in [1.82, 2.24) is 14.4 Å². The number of rotatable bonds is 9. The molecule has 42 heavy (non-hydrogen) atoms. The van der Waals surface area contributed by atoms with Crippen LogP contribution in [0.2, 0.25) is 0 Å². The molecule has 2 heterocycles. The van der Waals surface area contributed by atoms with E-state index in [1.54, 1.807) is 43.0 Å². The molecule has 0 radical (unpaired) electrons. The van der Waals surface area contributed by atoms with E-state index < -0.39 is 32.2 Å². The molecule has 1 aliphatic rings. The maximum Gasteiger partial charge on any atom is 0.261 e. The van der Waals surface area contributed by atoms with E-state index in [0.29, 0.717) is 11.3 Å². The average Bonchev–Trinajstić information content (AvgIpc) is 3.31. The molecule has 0 bridgehead atoms. The molecule has 0 aliphatic carbocycles. The maximum absolute atomic E-state index is 13.5. The van der Waals surface area contributed by atoms with Gasteiger partial charge in [-0.15, -0.1) is 0 Å². The summed E-state index contributed by atoms with van der Waals surface area (Å²) in [4.78, 5) is 15.1. The average molecular weight is 621 g/mol. The van der Waals surface area contributed by atoms with Gasteiger partial charge in [-0.3, -0.25) is 9.52 Å². The van der Waals surface area contributed by atoms with Gasteiger partial charge in [-0.25, -0.2) is 16.8 Å². The van der Waals surface area contributed by atoms with Gasteiger partial charge in [0.2, 0.25) is 15.9 Å². The number of aryl methyl sites for hydroxylation is 2. The van der Waals surface area contributed by atoms with E-state index in [4.69, 9.17) is 9.26 Å². The Morgan fingerprint density at radius 3 is 2.45 bits per heavy atom. The highest BCUT2D eigenvalue weighted by Crippen LogP contribution is 2.31. The van der Waals surface area contributed by atoms with E-state index in [-0.39, 0.29) is 64.9 Å². The molecule has 2 N–H and O–H groups in total. The van der Waals surface area contributed by atoms with Gasteiger partial charge in [0.1, 0.15) is 22.4 Å². The summed E-state index contributed by atoms with van der Waals surface area (Å²) in [6.45, 7) is 6.51. The van der Waals surface area contributed by atoms with E-state index in [1.807, 2.05) is 6.92 Å².